The zero-order chi connectivity index (χ0) is 16.3. The Labute approximate surface area is 132 Å². The van der Waals surface area contributed by atoms with Crippen LogP contribution >= 0.6 is 11.6 Å². The summed E-state index contributed by atoms with van der Waals surface area (Å²) < 4.78 is 10.9. The largest absolute Gasteiger partial charge is 0.482 e. The molecular formula is C14H17ClN2O5. The Morgan fingerprint density at radius 2 is 2.09 bits per heavy atom. The van der Waals surface area contributed by atoms with Gasteiger partial charge < -0.3 is 14.4 Å². The van der Waals surface area contributed by atoms with Crippen molar-refractivity contribution in [2.75, 3.05) is 19.7 Å². The molecule has 1 heterocycles. The van der Waals surface area contributed by atoms with Crippen LogP contribution in [0.1, 0.15) is 13.8 Å². The molecule has 120 valence electrons. The summed E-state index contributed by atoms with van der Waals surface area (Å²) >= 11 is 5.91. The van der Waals surface area contributed by atoms with Crippen molar-refractivity contribution in [3.05, 3.63) is 33.3 Å². The molecule has 1 aromatic carbocycles. The number of amides is 1. The summed E-state index contributed by atoms with van der Waals surface area (Å²) in [5, 5.41) is 10.7. The van der Waals surface area contributed by atoms with Crippen LogP contribution in [0.3, 0.4) is 0 Å². The van der Waals surface area contributed by atoms with Gasteiger partial charge >= 0.3 is 0 Å². The van der Waals surface area contributed by atoms with Gasteiger partial charge in [0, 0.05) is 25.2 Å². The number of nitro benzene ring substituents is 1. The van der Waals surface area contributed by atoms with Gasteiger partial charge in [-0.05, 0) is 19.9 Å². The first kappa shape index (κ1) is 16.5. The van der Waals surface area contributed by atoms with Gasteiger partial charge in [-0.1, -0.05) is 11.6 Å². The average molecular weight is 329 g/mol. The van der Waals surface area contributed by atoms with E-state index in [-0.39, 0.29) is 41.2 Å². The van der Waals surface area contributed by atoms with Crippen molar-refractivity contribution in [2.45, 2.75) is 26.1 Å². The van der Waals surface area contributed by atoms with E-state index in [0.717, 1.165) is 0 Å². The zero-order valence-corrected chi connectivity index (χ0v) is 13.1. The fourth-order valence-corrected chi connectivity index (χ4v) is 2.56. The molecule has 0 N–H and O–H groups in total. The van der Waals surface area contributed by atoms with E-state index >= 15 is 0 Å². The lowest BCUT2D eigenvalue weighted by molar-refractivity contribution is -0.384. The zero-order valence-electron chi connectivity index (χ0n) is 12.3. The molecule has 8 heteroatoms. The summed E-state index contributed by atoms with van der Waals surface area (Å²) in [5.74, 6) is 0.0754. The highest BCUT2D eigenvalue weighted by atomic mass is 35.5. The van der Waals surface area contributed by atoms with Gasteiger partial charge in [0.25, 0.3) is 11.6 Å². The lowest BCUT2D eigenvalue weighted by Gasteiger charge is -2.35. The normalized spacial score (nSPS) is 21.5. The van der Waals surface area contributed by atoms with Crippen LogP contribution in [0.4, 0.5) is 5.69 Å². The van der Waals surface area contributed by atoms with Gasteiger partial charge in [-0.25, -0.2) is 0 Å². The van der Waals surface area contributed by atoms with E-state index in [4.69, 9.17) is 21.1 Å². The second-order valence-electron chi connectivity index (χ2n) is 5.22. The van der Waals surface area contributed by atoms with Gasteiger partial charge in [-0.3, -0.25) is 14.9 Å². The fraction of sp³-hybridized carbons (Fsp3) is 0.500. The Morgan fingerprint density at radius 3 is 2.64 bits per heavy atom. The van der Waals surface area contributed by atoms with E-state index in [2.05, 4.69) is 0 Å². The number of carbonyl (C=O) groups is 1. The van der Waals surface area contributed by atoms with Crippen LogP contribution in [0.25, 0.3) is 0 Å². The predicted octanol–water partition coefficient (Wildman–Crippen LogP) is 2.26. The van der Waals surface area contributed by atoms with Crippen LogP contribution in [0.2, 0.25) is 5.02 Å². The second-order valence-corrected chi connectivity index (χ2v) is 5.62. The van der Waals surface area contributed by atoms with Crippen molar-refractivity contribution in [3.63, 3.8) is 0 Å². The molecule has 0 aliphatic carbocycles. The van der Waals surface area contributed by atoms with Gasteiger partial charge in [0.05, 0.1) is 22.2 Å². The molecule has 7 nitrogen and oxygen atoms in total. The third kappa shape index (κ3) is 4.08. The molecular weight excluding hydrogens is 312 g/mol. The maximum Gasteiger partial charge on any atom is 0.271 e. The van der Waals surface area contributed by atoms with Gasteiger partial charge in [0.1, 0.15) is 5.75 Å². The summed E-state index contributed by atoms with van der Waals surface area (Å²) in [6, 6.07) is 3.86. The summed E-state index contributed by atoms with van der Waals surface area (Å²) in [6.07, 6.45) is -0.0358. The highest BCUT2D eigenvalue weighted by molar-refractivity contribution is 6.32. The number of rotatable bonds is 4. The number of nitrogens with zero attached hydrogens (tertiary/aromatic N) is 2. The predicted molar refractivity (Wildman–Crippen MR) is 80.2 cm³/mol. The lowest BCUT2D eigenvalue weighted by atomic mass is 10.2. The van der Waals surface area contributed by atoms with Gasteiger partial charge in [0.2, 0.25) is 0 Å². The number of hydrogen-bond donors (Lipinski definition) is 0. The van der Waals surface area contributed by atoms with Crippen LogP contribution in [-0.4, -0.2) is 47.6 Å². The number of ether oxygens (including phenoxy) is 2. The molecule has 0 spiro atoms. The fourth-order valence-electron chi connectivity index (χ4n) is 2.33. The minimum Gasteiger partial charge on any atom is -0.482 e. The number of nitro groups is 1. The molecule has 0 aromatic heterocycles. The highest BCUT2D eigenvalue weighted by Crippen LogP contribution is 2.28. The molecule has 1 fully saturated rings. The van der Waals surface area contributed by atoms with Gasteiger partial charge in [0.15, 0.2) is 6.61 Å². The topological polar surface area (TPSA) is 81.9 Å². The van der Waals surface area contributed by atoms with Crippen molar-refractivity contribution in [3.8, 4) is 5.75 Å². The van der Waals surface area contributed by atoms with Gasteiger partial charge in [-0.2, -0.15) is 0 Å². The van der Waals surface area contributed by atoms with Gasteiger partial charge in [-0.15, -0.1) is 0 Å². The first-order chi connectivity index (χ1) is 10.4. The maximum absolute atomic E-state index is 12.1. The summed E-state index contributed by atoms with van der Waals surface area (Å²) in [4.78, 5) is 23.9. The van der Waals surface area contributed by atoms with Crippen molar-refractivity contribution < 1.29 is 19.2 Å². The molecule has 0 unspecified atom stereocenters. The Kier molecular flexibility index (Phi) is 5.20. The van der Waals surface area contributed by atoms with Crippen LogP contribution in [0, 0.1) is 10.1 Å². The first-order valence-electron chi connectivity index (χ1n) is 6.86. The number of benzene rings is 1. The number of carbonyl (C=O) groups excluding carboxylic acids is 1. The molecule has 0 radical (unpaired) electrons. The van der Waals surface area contributed by atoms with E-state index in [0.29, 0.717) is 13.1 Å². The number of halogens is 1. The quantitative estimate of drug-likeness (QED) is 0.625. The van der Waals surface area contributed by atoms with Crippen molar-refractivity contribution in [1.29, 1.82) is 0 Å². The molecule has 1 aromatic rings. The molecule has 2 rings (SSSR count). The van der Waals surface area contributed by atoms with E-state index in [1.807, 2.05) is 13.8 Å². The maximum atomic E-state index is 12.1. The van der Waals surface area contributed by atoms with Crippen LogP contribution < -0.4 is 4.74 Å². The molecule has 0 bridgehead atoms. The highest BCUT2D eigenvalue weighted by Gasteiger charge is 2.26. The monoisotopic (exact) mass is 328 g/mol. The molecule has 0 saturated carbocycles. The first-order valence-corrected chi connectivity index (χ1v) is 7.24. The third-order valence-corrected chi connectivity index (χ3v) is 3.55. The van der Waals surface area contributed by atoms with Crippen molar-refractivity contribution >= 4 is 23.2 Å². The Hall–Kier alpha value is -1.86. The van der Waals surface area contributed by atoms with Crippen molar-refractivity contribution in [1.82, 2.24) is 4.90 Å². The summed E-state index contributed by atoms with van der Waals surface area (Å²) in [7, 11) is 0. The lowest BCUT2D eigenvalue weighted by Crippen LogP contribution is -2.49. The smallest absolute Gasteiger partial charge is 0.271 e. The van der Waals surface area contributed by atoms with E-state index in [1.54, 1.807) is 4.90 Å². The molecule has 22 heavy (non-hydrogen) atoms. The molecule has 1 aliphatic rings. The SMILES string of the molecule is C[C@@H]1CN(C(=O)COc2ccc([N+](=O)[O-])cc2Cl)C[C@@H](C)O1. The van der Waals surface area contributed by atoms with Crippen LogP contribution in [0.5, 0.6) is 5.75 Å². The average Bonchev–Trinajstić information content (AvgIpc) is 2.44. The third-order valence-electron chi connectivity index (χ3n) is 3.25. The van der Waals surface area contributed by atoms with E-state index in [9.17, 15) is 14.9 Å². The number of hydrogen-bond acceptors (Lipinski definition) is 5. The summed E-state index contributed by atoms with van der Waals surface area (Å²) in [6.45, 7) is 4.67. The molecule has 1 amide bonds. The Balaban J connectivity index is 1.95. The van der Waals surface area contributed by atoms with Crippen molar-refractivity contribution in [2.24, 2.45) is 0 Å². The number of non-ortho nitro benzene ring substituents is 1. The Bertz CT molecular complexity index is 570. The number of morpholine rings is 1. The minimum atomic E-state index is -0.544. The standard InChI is InChI=1S/C14H17ClN2O5/c1-9-6-16(7-10(2)22-9)14(18)8-21-13-4-3-11(17(19)20)5-12(13)15/h3-5,9-10H,6-8H2,1-2H3/t9-,10-/m1/s1. The van der Waals surface area contributed by atoms with Crippen LogP contribution in [-0.2, 0) is 9.53 Å². The molecule has 1 aliphatic heterocycles. The Morgan fingerprint density at radius 1 is 1.45 bits per heavy atom. The van der Waals surface area contributed by atoms with E-state index in [1.165, 1.54) is 18.2 Å². The molecule has 1 saturated heterocycles. The summed E-state index contributed by atoms with van der Waals surface area (Å²) in [5.41, 5.74) is -0.125. The second kappa shape index (κ2) is 6.93. The minimum absolute atomic E-state index is 0.0179. The van der Waals surface area contributed by atoms with Crippen LogP contribution in [0.15, 0.2) is 18.2 Å². The van der Waals surface area contributed by atoms with E-state index < -0.39 is 4.92 Å². The molecule has 2 atom stereocenters.